The third-order valence-corrected chi connectivity index (χ3v) is 7.94. The molecule has 1 amide bonds. The summed E-state index contributed by atoms with van der Waals surface area (Å²) in [6.07, 6.45) is 6.76. The minimum atomic E-state index is -3.08. The summed E-state index contributed by atoms with van der Waals surface area (Å²) in [5, 5.41) is 0. The zero-order valence-electron chi connectivity index (χ0n) is 15.9. The minimum Gasteiger partial charge on any atom is -0.493 e. The Hall–Kier alpha value is -1.38. The molecule has 0 radical (unpaired) electrons. The maximum atomic E-state index is 12.9. The molecule has 28 heavy (non-hydrogen) atoms. The first-order chi connectivity index (χ1) is 13.4. The Kier molecular flexibility index (Phi) is 7.17. The van der Waals surface area contributed by atoms with Crippen molar-refractivity contribution in [2.24, 2.45) is 0 Å². The number of para-hydroxylation sites is 1. The maximum Gasteiger partial charge on any atom is 0.266 e. The summed E-state index contributed by atoms with van der Waals surface area (Å²) in [4.78, 5) is 14.9. The first kappa shape index (κ1) is 21.3. The number of ether oxygens (including phenoxy) is 1. The smallest absolute Gasteiger partial charge is 0.266 e. The number of benzene rings is 1. The van der Waals surface area contributed by atoms with Crippen molar-refractivity contribution in [2.45, 2.75) is 45.1 Å². The van der Waals surface area contributed by atoms with E-state index >= 15 is 0 Å². The van der Waals surface area contributed by atoms with Crippen LogP contribution in [0, 0.1) is 0 Å². The lowest BCUT2D eigenvalue weighted by Crippen LogP contribution is -2.39. The van der Waals surface area contributed by atoms with Gasteiger partial charge in [0.15, 0.2) is 9.84 Å². The van der Waals surface area contributed by atoms with Crippen molar-refractivity contribution < 1.29 is 17.9 Å². The molecule has 1 atom stereocenters. The molecular weight excluding hydrogens is 414 g/mol. The number of thioether (sulfide) groups is 1. The zero-order valence-corrected chi connectivity index (χ0v) is 18.4. The van der Waals surface area contributed by atoms with E-state index in [-0.39, 0.29) is 23.5 Å². The van der Waals surface area contributed by atoms with E-state index in [1.54, 1.807) is 6.08 Å². The third-order valence-electron chi connectivity index (χ3n) is 4.86. The lowest BCUT2D eigenvalue weighted by molar-refractivity contribution is -0.123. The van der Waals surface area contributed by atoms with Gasteiger partial charge in [-0.3, -0.25) is 9.69 Å². The standard InChI is InChI=1S/C20H25NO4S3/c1-2-3-4-7-11-25-17-9-6-5-8-15(17)13-18-19(22)21(20(26)27-18)16-10-12-28(23,24)14-16/h5-6,8-9,13,16H,2-4,7,10-12,14H2,1H3/b18-13-. The van der Waals surface area contributed by atoms with E-state index in [0.717, 1.165) is 24.2 Å². The van der Waals surface area contributed by atoms with Crippen molar-refractivity contribution in [3.63, 3.8) is 0 Å². The van der Waals surface area contributed by atoms with E-state index < -0.39 is 9.84 Å². The van der Waals surface area contributed by atoms with Crippen molar-refractivity contribution in [1.29, 1.82) is 0 Å². The average molecular weight is 440 g/mol. The van der Waals surface area contributed by atoms with Gasteiger partial charge >= 0.3 is 0 Å². The molecule has 0 bridgehead atoms. The number of amides is 1. The topological polar surface area (TPSA) is 63.7 Å². The molecule has 152 valence electrons. The lowest BCUT2D eigenvalue weighted by atomic mass is 10.1. The SMILES string of the molecule is CCCCCCOc1ccccc1/C=C1\SC(=S)N(C2CCS(=O)(=O)C2)C1=O. The van der Waals surface area contributed by atoms with Gasteiger partial charge in [-0.15, -0.1) is 0 Å². The van der Waals surface area contributed by atoms with Crippen molar-refractivity contribution >= 4 is 50.1 Å². The summed E-state index contributed by atoms with van der Waals surface area (Å²) < 4.78 is 29.9. The average Bonchev–Trinajstić information content (AvgIpc) is 3.14. The third kappa shape index (κ3) is 5.15. The number of thiocarbonyl (C=S) groups is 1. The number of nitrogens with zero attached hydrogens (tertiary/aromatic N) is 1. The molecule has 0 aliphatic carbocycles. The van der Waals surface area contributed by atoms with Crippen molar-refractivity contribution in [3.8, 4) is 5.75 Å². The highest BCUT2D eigenvalue weighted by Crippen LogP contribution is 2.37. The van der Waals surface area contributed by atoms with Crippen LogP contribution in [-0.4, -0.2) is 47.7 Å². The van der Waals surface area contributed by atoms with E-state index in [4.69, 9.17) is 17.0 Å². The molecule has 2 fully saturated rings. The number of carbonyl (C=O) groups is 1. The molecular formula is C20H25NO4S3. The van der Waals surface area contributed by atoms with Crippen LogP contribution in [0.25, 0.3) is 6.08 Å². The molecule has 1 aromatic rings. The Labute approximate surface area is 176 Å². The second-order valence-corrected chi connectivity index (χ2v) is 11.0. The minimum absolute atomic E-state index is 0.00974. The van der Waals surface area contributed by atoms with Gasteiger partial charge in [-0.25, -0.2) is 8.42 Å². The van der Waals surface area contributed by atoms with E-state index in [1.165, 1.54) is 29.5 Å². The molecule has 0 spiro atoms. The van der Waals surface area contributed by atoms with Crippen molar-refractivity contribution in [3.05, 3.63) is 34.7 Å². The van der Waals surface area contributed by atoms with Gasteiger partial charge in [0.1, 0.15) is 10.1 Å². The number of hydrogen-bond donors (Lipinski definition) is 0. The van der Waals surface area contributed by atoms with Crippen LogP contribution in [0.5, 0.6) is 5.75 Å². The highest BCUT2D eigenvalue weighted by Gasteiger charge is 2.42. The van der Waals surface area contributed by atoms with Gasteiger partial charge < -0.3 is 4.74 Å². The molecule has 1 unspecified atom stereocenters. The first-order valence-electron chi connectivity index (χ1n) is 9.60. The summed E-state index contributed by atoms with van der Waals surface area (Å²) in [5.74, 6) is 0.634. The monoisotopic (exact) mass is 439 g/mol. The van der Waals surface area contributed by atoms with E-state index in [1.807, 2.05) is 24.3 Å². The highest BCUT2D eigenvalue weighted by atomic mass is 32.2. The Bertz CT molecular complexity index is 879. The number of rotatable bonds is 8. The number of hydrogen-bond acceptors (Lipinski definition) is 6. The molecule has 5 nitrogen and oxygen atoms in total. The van der Waals surface area contributed by atoms with Crippen LogP contribution in [0.4, 0.5) is 0 Å². The van der Waals surface area contributed by atoms with Crippen molar-refractivity contribution in [1.82, 2.24) is 4.90 Å². The predicted octanol–water partition coefficient (Wildman–Crippen LogP) is 4.03. The van der Waals surface area contributed by atoms with Crippen LogP contribution >= 0.6 is 24.0 Å². The summed E-state index contributed by atoms with van der Waals surface area (Å²) in [6.45, 7) is 2.82. The quantitative estimate of drug-likeness (QED) is 0.346. The summed E-state index contributed by atoms with van der Waals surface area (Å²) in [7, 11) is -3.08. The first-order valence-corrected chi connectivity index (χ1v) is 12.6. The maximum absolute atomic E-state index is 12.9. The normalized spacial score (nSPS) is 23.0. The largest absolute Gasteiger partial charge is 0.493 e. The number of carbonyl (C=O) groups excluding carboxylic acids is 1. The fourth-order valence-corrected chi connectivity index (χ4v) is 6.45. The lowest BCUT2D eigenvalue weighted by Gasteiger charge is -2.20. The summed E-state index contributed by atoms with van der Waals surface area (Å²) in [5.41, 5.74) is 0.831. The fraction of sp³-hybridized carbons (Fsp3) is 0.500. The van der Waals surface area contributed by atoms with Crippen LogP contribution in [-0.2, 0) is 14.6 Å². The van der Waals surface area contributed by atoms with Gasteiger partial charge in [0, 0.05) is 5.56 Å². The van der Waals surface area contributed by atoms with Crippen LogP contribution < -0.4 is 4.74 Å². The van der Waals surface area contributed by atoms with Gasteiger partial charge in [-0.05, 0) is 25.0 Å². The Morgan fingerprint density at radius 1 is 1.29 bits per heavy atom. The molecule has 0 N–H and O–H groups in total. The van der Waals surface area contributed by atoms with Gasteiger partial charge in [0.25, 0.3) is 5.91 Å². The predicted molar refractivity (Wildman–Crippen MR) is 118 cm³/mol. The fourth-order valence-electron chi connectivity index (χ4n) is 3.36. The molecule has 0 saturated carbocycles. The molecule has 0 aromatic heterocycles. The Morgan fingerprint density at radius 2 is 2.07 bits per heavy atom. The van der Waals surface area contributed by atoms with E-state index in [0.29, 0.717) is 22.3 Å². The summed E-state index contributed by atoms with van der Waals surface area (Å²) in [6, 6.07) is 7.27. The van der Waals surface area contributed by atoms with Crippen LogP contribution in [0.15, 0.2) is 29.2 Å². The Morgan fingerprint density at radius 3 is 2.79 bits per heavy atom. The molecule has 2 heterocycles. The number of sulfone groups is 1. The van der Waals surface area contributed by atoms with E-state index in [9.17, 15) is 13.2 Å². The van der Waals surface area contributed by atoms with Gasteiger partial charge in [-0.2, -0.15) is 0 Å². The molecule has 2 aliphatic heterocycles. The molecule has 3 rings (SSSR count). The van der Waals surface area contributed by atoms with E-state index in [2.05, 4.69) is 6.92 Å². The zero-order chi connectivity index (χ0) is 20.1. The van der Waals surface area contributed by atoms with Crippen molar-refractivity contribution in [2.75, 3.05) is 18.1 Å². The highest BCUT2D eigenvalue weighted by molar-refractivity contribution is 8.26. The molecule has 2 saturated heterocycles. The van der Waals surface area contributed by atoms with Crippen LogP contribution in [0.2, 0.25) is 0 Å². The van der Waals surface area contributed by atoms with Crippen LogP contribution in [0.1, 0.15) is 44.6 Å². The Balaban J connectivity index is 1.72. The second-order valence-electron chi connectivity index (χ2n) is 7.06. The molecule has 8 heteroatoms. The molecule has 1 aromatic carbocycles. The number of unbranched alkanes of at least 4 members (excludes halogenated alkanes) is 3. The summed E-state index contributed by atoms with van der Waals surface area (Å²) >= 11 is 6.59. The van der Waals surface area contributed by atoms with Gasteiger partial charge in [0.2, 0.25) is 0 Å². The van der Waals surface area contributed by atoms with Gasteiger partial charge in [0.05, 0.1) is 29.1 Å². The molecule has 2 aliphatic rings. The second kappa shape index (κ2) is 9.41. The van der Waals surface area contributed by atoms with Gasteiger partial charge in [-0.1, -0.05) is 68.4 Å². The van der Waals surface area contributed by atoms with Crippen LogP contribution in [0.3, 0.4) is 0 Å².